The molecule has 18 heavy (non-hydrogen) atoms. The molecular weight excluding hydrogens is 224 g/mol. The Morgan fingerprint density at radius 3 is 2.67 bits per heavy atom. The van der Waals surface area contributed by atoms with E-state index in [1.54, 1.807) is 14.0 Å². The number of aliphatic hydroxyl groups is 1. The van der Waals surface area contributed by atoms with E-state index in [2.05, 4.69) is 25.7 Å². The van der Waals surface area contributed by atoms with Gasteiger partial charge in [-0.05, 0) is 31.4 Å². The van der Waals surface area contributed by atoms with Crippen LogP contribution in [-0.4, -0.2) is 17.8 Å². The Hall–Kier alpha value is -1.46. The summed E-state index contributed by atoms with van der Waals surface area (Å²) in [5.74, 6) is 7.15. The first-order chi connectivity index (χ1) is 8.48. The topological polar surface area (TPSA) is 29.5 Å². The van der Waals surface area contributed by atoms with Crippen LogP contribution in [0.5, 0.6) is 5.75 Å². The van der Waals surface area contributed by atoms with Gasteiger partial charge >= 0.3 is 0 Å². The van der Waals surface area contributed by atoms with Crippen LogP contribution < -0.4 is 4.74 Å². The van der Waals surface area contributed by atoms with E-state index in [9.17, 15) is 5.11 Å². The number of methoxy groups -OCH3 is 1. The number of para-hydroxylation sites is 1. The van der Waals surface area contributed by atoms with Gasteiger partial charge in [0.1, 0.15) is 11.4 Å². The van der Waals surface area contributed by atoms with Crippen LogP contribution in [0.25, 0.3) is 0 Å². The van der Waals surface area contributed by atoms with Crippen LogP contribution in [0.4, 0.5) is 0 Å². The van der Waals surface area contributed by atoms with Gasteiger partial charge in [0.25, 0.3) is 0 Å². The first kappa shape index (κ1) is 14.6. The Kier molecular flexibility index (Phi) is 5.25. The zero-order chi connectivity index (χ0) is 13.6. The predicted molar refractivity (Wildman–Crippen MR) is 74.6 cm³/mol. The standard InChI is InChI=1S/C16H22O2/c1-5-13(2)12-16(3,17)11-10-14-8-6-7-9-15(14)18-4/h6-9,13,17H,5,12H2,1-4H3. The maximum atomic E-state index is 10.2. The zero-order valence-corrected chi connectivity index (χ0v) is 11.7. The molecule has 1 N–H and O–H groups in total. The minimum absolute atomic E-state index is 0.465. The van der Waals surface area contributed by atoms with Gasteiger partial charge in [-0.25, -0.2) is 0 Å². The Morgan fingerprint density at radius 2 is 2.06 bits per heavy atom. The van der Waals surface area contributed by atoms with E-state index in [-0.39, 0.29) is 0 Å². The lowest BCUT2D eigenvalue weighted by Crippen LogP contribution is -2.24. The van der Waals surface area contributed by atoms with Crippen molar-refractivity contribution in [2.45, 2.75) is 39.2 Å². The quantitative estimate of drug-likeness (QED) is 0.826. The van der Waals surface area contributed by atoms with E-state index in [4.69, 9.17) is 4.74 Å². The molecule has 0 aromatic heterocycles. The molecule has 0 radical (unpaired) electrons. The molecule has 2 unspecified atom stereocenters. The van der Waals surface area contributed by atoms with Crippen molar-refractivity contribution >= 4 is 0 Å². The first-order valence-corrected chi connectivity index (χ1v) is 6.37. The number of rotatable bonds is 4. The van der Waals surface area contributed by atoms with Crippen molar-refractivity contribution in [1.29, 1.82) is 0 Å². The van der Waals surface area contributed by atoms with Crippen molar-refractivity contribution in [2.75, 3.05) is 7.11 Å². The fraction of sp³-hybridized carbons (Fsp3) is 0.500. The van der Waals surface area contributed by atoms with E-state index >= 15 is 0 Å². The van der Waals surface area contributed by atoms with Gasteiger partial charge in [-0.3, -0.25) is 0 Å². The van der Waals surface area contributed by atoms with Crippen LogP contribution in [0.1, 0.15) is 39.2 Å². The third-order valence-corrected chi connectivity index (χ3v) is 3.02. The highest BCUT2D eigenvalue weighted by Gasteiger charge is 2.19. The smallest absolute Gasteiger partial charge is 0.134 e. The number of benzene rings is 1. The first-order valence-electron chi connectivity index (χ1n) is 6.37. The molecule has 98 valence electrons. The van der Waals surface area contributed by atoms with E-state index in [0.29, 0.717) is 12.3 Å². The summed E-state index contributed by atoms with van der Waals surface area (Å²) in [6.45, 7) is 6.01. The minimum atomic E-state index is -0.948. The van der Waals surface area contributed by atoms with Crippen molar-refractivity contribution in [3.63, 3.8) is 0 Å². The van der Waals surface area contributed by atoms with Crippen molar-refractivity contribution in [3.05, 3.63) is 29.8 Å². The summed E-state index contributed by atoms with van der Waals surface area (Å²) in [5.41, 5.74) is -0.138. The maximum Gasteiger partial charge on any atom is 0.134 e. The molecule has 0 aliphatic rings. The molecule has 0 heterocycles. The van der Waals surface area contributed by atoms with Gasteiger partial charge in [-0.15, -0.1) is 0 Å². The van der Waals surface area contributed by atoms with Gasteiger partial charge in [0.2, 0.25) is 0 Å². The van der Waals surface area contributed by atoms with E-state index < -0.39 is 5.60 Å². The molecule has 0 spiro atoms. The van der Waals surface area contributed by atoms with Gasteiger partial charge in [0, 0.05) is 0 Å². The molecule has 0 fully saturated rings. The third-order valence-electron chi connectivity index (χ3n) is 3.02. The van der Waals surface area contributed by atoms with Crippen LogP contribution in [0, 0.1) is 17.8 Å². The lowest BCUT2D eigenvalue weighted by molar-refractivity contribution is 0.0939. The molecule has 2 heteroatoms. The largest absolute Gasteiger partial charge is 0.495 e. The fourth-order valence-electron chi connectivity index (χ4n) is 1.82. The summed E-state index contributed by atoms with van der Waals surface area (Å²) in [7, 11) is 1.62. The molecule has 1 aromatic rings. The number of hydrogen-bond acceptors (Lipinski definition) is 2. The highest BCUT2D eigenvalue weighted by molar-refractivity contribution is 5.46. The minimum Gasteiger partial charge on any atom is -0.495 e. The molecule has 2 atom stereocenters. The average molecular weight is 246 g/mol. The fourth-order valence-corrected chi connectivity index (χ4v) is 1.82. The molecular formula is C16H22O2. The summed E-state index contributed by atoms with van der Waals surface area (Å²) in [6.07, 6.45) is 1.73. The Morgan fingerprint density at radius 1 is 1.39 bits per heavy atom. The van der Waals surface area contributed by atoms with Crippen LogP contribution >= 0.6 is 0 Å². The summed E-state index contributed by atoms with van der Waals surface area (Å²) in [6, 6.07) is 7.58. The Labute approximate surface area is 110 Å². The average Bonchev–Trinajstić information content (AvgIpc) is 2.36. The second kappa shape index (κ2) is 6.47. The van der Waals surface area contributed by atoms with Crippen molar-refractivity contribution in [2.24, 2.45) is 5.92 Å². The molecule has 0 aliphatic carbocycles. The monoisotopic (exact) mass is 246 g/mol. The predicted octanol–water partition coefficient (Wildman–Crippen LogP) is 3.23. The highest BCUT2D eigenvalue weighted by atomic mass is 16.5. The highest BCUT2D eigenvalue weighted by Crippen LogP contribution is 2.20. The number of ether oxygens (including phenoxy) is 1. The number of hydrogen-bond donors (Lipinski definition) is 1. The molecule has 0 saturated carbocycles. The third kappa shape index (κ3) is 4.43. The Bertz CT molecular complexity index is 438. The van der Waals surface area contributed by atoms with Gasteiger partial charge < -0.3 is 9.84 Å². The molecule has 1 rings (SSSR count). The second-order valence-corrected chi connectivity index (χ2v) is 4.94. The molecule has 0 amide bonds. The van der Waals surface area contributed by atoms with Gasteiger partial charge in [-0.2, -0.15) is 0 Å². The van der Waals surface area contributed by atoms with Gasteiger partial charge in [0.05, 0.1) is 12.7 Å². The summed E-state index contributed by atoms with van der Waals surface area (Å²) < 4.78 is 5.23. The molecule has 0 aliphatic heterocycles. The molecule has 0 saturated heterocycles. The van der Waals surface area contributed by atoms with Crippen LogP contribution in [0.3, 0.4) is 0 Å². The van der Waals surface area contributed by atoms with E-state index in [1.807, 2.05) is 24.3 Å². The van der Waals surface area contributed by atoms with Crippen LogP contribution in [0.2, 0.25) is 0 Å². The van der Waals surface area contributed by atoms with E-state index in [0.717, 1.165) is 17.7 Å². The zero-order valence-electron chi connectivity index (χ0n) is 11.7. The van der Waals surface area contributed by atoms with Crippen LogP contribution in [0.15, 0.2) is 24.3 Å². The van der Waals surface area contributed by atoms with Gasteiger partial charge in [0.15, 0.2) is 0 Å². The SMILES string of the molecule is CCC(C)CC(C)(O)C#Cc1ccccc1OC. The molecule has 1 aromatic carbocycles. The van der Waals surface area contributed by atoms with Gasteiger partial charge in [-0.1, -0.05) is 44.2 Å². The lowest BCUT2D eigenvalue weighted by atomic mass is 9.92. The summed E-state index contributed by atoms with van der Waals surface area (Å²) in [4.78, 5) is 0. The second-order valence-electron chi connectivity index (χ2n) is 4.94. The molecule has 0 bridgehead atoms. The van der Waals surface area contributed by atoms with Crippen molar-refractivity contribution in [1.82, 2.24) is 0 Å². The summed E-state index contributed by atoms with van der Waals surface area (Å²) in [5, 5.41) is 10.2. The van der Waals surface area contributed by atoms with Crippen LogP contribution in [-0.2, 0) is 0 Å². The maximum absolute atomic E-state index is 10.2. The van der Waals surface area contributed by atoms with E-state index in [1.165, 1.54) is 0 Å². The molecule has 2 nitrogen and oxygen atoms in total. The lowest BCUT2D eigenvalue weighted by Gasteiger charge is -2.20. The Balaban J connectivity index is 2.86. The normalized spacial score (nSPS) is 15.2. The summed E-state index contributed by atoms with van der Waals surface area (Å²) >= 11 is 0. The van der Waals surface area contributed by atoms with Crippen molar-refractivity contribution in [3.8, 4) is 17.6 Å². The van der Waals surface area contributed by atoms with Crippen molar-refractivity contribution < 1.29 is 9.84 Å².